The lowest BCUT2D eigenvalue weighted by atomic mass is 9.85. The van der Waals surface area contributed by atoms with Gasteiger partial charge in [-0.05, 0) is 13.3 Å². The number of aromatic nitrogens is 3. The maximum absolute atomic E-state index is 12.0. The number of hydrogen-bond donors (Lipinski definition) is 3. The Morgan fingerprint density at radius 2 is 2.39 bits per heavy atom. The van der Waals surface area contributed by atoms with E-state index in [-0.39, 0.29) is 11.7 Å². The minimum atomic E-state index is -1.00. The van der Waals surface area contributed by atoms with Gasteiger partial charge in [0, 0.05) is 12.7 Å². The zero-order valence-electron chi connectivity index (χ0n) is 10.5. The van der Waals surface area contributed by atoms with Gasteiger partial charge in [0.2, 0.25) is 5.91 Å². The Hall–Kier alpha value is -2.12. The molecule has 0 aliphatic carbocycles. The number of amides is 1. The normalized spacial score (nSPS) is 15.1. The first kappa shape index (κ1) is 13.9. The molecule has 1 aromatic rings. The van der Waals surface area contributed by atoms with E-state index in [9.17, 15) is 4.79 Å². The van der Waals surface area contributed by atoms with Crippen molar-refractivity contribution in [2.24, 2.45) is 16.3 Å². The van der Waals surface area contributed by atoms with Gasteiger partial charge in [0.05, 0.1) is 12.7 Å². The summed E-state index contributed by atoms with van der Waals surface area (Å²) in [6.45, 7) is 4.35. The summed E-state index contributed by atoms with van der Waals surface area (Å²) in [7, 11) is 0. The molecule has 0 fully saturated rings. The van der Waals surface area contributed by atoms with Gasteiger partial charge < -0.3 is 16.3 Å². The molecule has 0 spiro atoms. The first-order chi connectivity index (χ1) is 8.54. The third kappa shape index (κ3) is 2.96. The quantitative estimate of drug-likeness (QED) is 0.275. The van der Waals surface area contributed by atoms with E-state index in [2.05, 4.69) is 20.8 Å². The number of oxime groups is 1. The zero-order valence-corrected chi connectivity index (χ0v) is 10.5. The minimum Gasteiger partial charge on any atom is -0.409 e. The van der Waals surface area contributed by atoms with Crippen LogP contribution in [0.25, 0.3) is 0 Å². The summed E-state index contributed by atoms with van der Waals surface area (Å²) >= 11 is 0. The van der Waals surface area contributed by atoms with E-state index in [1.807, 2.05) is 0 Å². The molecule has 8 heteroatoms. The Bertz CT molecular complexity index is 416. The molecule has 0 saturated carbocycles. The van der Waals surface area contributed by atoms with Crippen LogP contribution in [-0.4, -0.2) is 38.5 Å². The lowest BCUT2D eigenvalue weighted by Crippen LogP contribution is -2.48. The van der Waals surface area contributed by atoms with E-state index in [4.69, 9.17) is 10.9 Å². The van der Waals surface area contributed by atoms with Gasteiger partial charge in [0.25, 0.3) is 0 Å². The second-order valence-electron chi connectivity index (χ2n) is 4.09. The van der Waals surface area contributed by atoms with Crippen molar-refractivity contribution in [1.82, 2.24) is 20.3 Å². The van der Waals surface area contributed by atoms with Crippen molar-refractivity contribution in [3.05, 3.63) is 12.4 Å². The smallest absolute Gasteiger partial charge is 0.233 e. The monoisotopic (exact) mass is 254 g/mol. The third-order valence-corrected chi connectivity index (χ3v) is 2.98. The minimum absolute atomic E-state index is 0.0942. The fourth-order valence-corrected chi connectivity index (χ4v) is 1.40. The molecular weight excluding hydrogens is 236 g/mol. The standard InChI is InChI=1S/C10H18N6O2/c1-3-10(2,8(11)14-18)9(17)12-4-6-16-7-5-13-15-16/h5,7,18H,3-4,6H2,1-2H3,(H2,11,14)(H,12,17). The van der Waals surface area contributed by atoms with Crippen molar-refractivity contribution in [3.8, 4) is 0 Å². The molecule has 1 aromatic heterocycles. The van der Waals surface area contributed by atoms with Crippen LogP contribution in [0.1, 0.15) is 20.3 Å². The summed E-state index contributed by atoms with van der Waals surface area (Å²) in [5.41, 5.74) is 4.54. The van der Waals surface area contributed by atoms with Crippen molar-refractivity contribution < 1.29 is 10.0 Å². The molecule has 1 heterocycles. The van der Waals surface area contributed by atoms with E-state index in [0.717, 1.165) is 0 Å². The molecule has 0 saturated heterocycles. The number of amidine groups is 1. The van der Waals surface area contributed by atoms with Crippen molar-refractivity contribution >= 4 is 11.7 Å². The molecule has 8 nitrogen and oxygen atoms in total. The van der Waals surface area contributed by atoms with E-state index in [1.54, 1.807) is 30.9 Å². The molecule has 1 unspecified atom stereocenters. The lowest BCUT2D eigenvalue weighted by molar-refractivity contribution is -0.127. The van der Waals surface area contributed by atoms with Crippen LogP contribution in [0.3, 0.4) is 0 Å². The summed E-state index contributed by atoms with van der Waals surface area (Å²) in [5.74, 6) is -0.372. The van der Waals surface area contributed by atoms with Gasteiger partial charge in [-0.3, -0.25) is 9.48 Å². The van der Waals surface area contributed by atoms with E-state index in [1.165, 1.54) is 0 Å². The number of hydrogen-bond acceptors (Lipinski definition) is 5. The van der Waals surface area contributed by atoms with Crippen LogP contribution in [0.2, 0.25) is 0 Å². The van der Waals surface area contributed by atoms with E-state index < -0.39 is 5.41 Å². The van der Waals surface area contributed by atoms with E-state index >= 15 is 0 Å². The second-order valence-corrected chi connectivity index (χ2v) is 4.09. The molecule has 1 amide bonds. The predicted octanol–water partition coefficient (Wildman–Crippen LogP) is -0.443. The van der Waals surface area contributed by atoms with Crippen molar-refractivity contribution in [2.75, 3.05) is 6.54 Å². The van der Waals surface area contributed by atoms with Gasteiger partial charge in [-0.2, -0.15) is 0 Å². The molecule has 0 aliphatic rings. The molecule has 0 aliphatic heterocycles. The molecular formula is C10H18N6O2. The molecule has 1 rings (SSSR count). The summed E-state index contributed by atoms with van der Waals surface area (Å²) < 4.78 is 1.60. The Morgan fingerprint density at radius 1 is 1.67 bits per heavy atom. The average molecular weight is 254 g/mol. The summed E-state index contributed by atoms with van der Waals surface area (Å²) in [6.07, 6.45) is 3.71. The maximum Gasteiger partial charge on any atom is 0.233 e. The molecule has 0 aromatic carbocycles. The SMILES string of the molecule is CCC(C)(C(=O)NCCn1ccnn1)/C(N)=N/O. The van der Waals surface area contributed by atoms with Crippen LogP contribution in [0.4, 0.5) is 0 Å². The maximum atomic E-state index is 12.0. The van der Waals surface area contributed by atoms with Gasteiger partial charge >= 0.3 is 0 Å². The number of carbonyl (C=O) groups is 1. The van der Waals surface area contributed by atoms with Gasteiger partial charge in [-0.25, -0.2) is 0 Å². The fraction of sp³-hybridized carbons (Fsp3) is 0.600. The van der Waals surface area contributed by atoms with Gasteiger partial charge in [0.1, 0.15) is 5.41 Å². The van der Waals surface area contributed by atoms with Gasteiger partial charge in [-0.1, -0.05) is 17.3 Å². The predicted molar refractivity (Wildman–Crippen MR) is 64.8 cm³/mol. The highest BCUT2D eigenvalue weighted by Gasteiger charge is 2.36. The number of nitrogens with two attached hydrogens (primary N) is 1. The van der Waals surface area contributed by atoms with Crippen LogP contribution < -0.4 is 11.1 Å². The van der Waals surface area contributed by atoms with Crippen LogP contribution in [0.5, 0.6) is 0 Å². The first-order valence-corrected chi connectivity index (χ1v) is 5.65. The Morgan fingerprint density at radius 3 is 2.89 bits per heavy atom. The van der Waals surface area contributed by atoms with Crippen LogP contribution in [0.15, 0.2) is 17.5 Å². The zero-order chi connectivity index (χ0) is 13.6. The molecule has 0 bridgehead atoms. The van der Waals surface area contributed by atoms with Crippen LogP contribution in [-0.2, 0) is 11.3 Å². The summed E-state index contributed by atoms with van der Waals surface area (Å²) in [5, 5.41) is 21.8. The van der Waals surface area contributed by atoms with Crippen molar-refractivity contribution in [2.45, 2.75) is 26.8 Å². The summed E-state index contributed by atoms with van der Waals surface area (Å²) in [4.78, 5) is 12.0. The highest BCUT2D eigenvalue weighted by Crippen LogP contribution is 2.21. The number of carbonyl (C=O) groups excluding carboxylic acids is 1. The Balaban J connectivity index is 2.53. The average Bonchev–Trinajstić information content (AvgIpc) is 2.89. The topological polar surface area (TPSA) is 118 Å². The third-order valence-electron chi connectivity index (χ3n) is 2.98. The largest absolute Gasteiger partial charge is 0.409 e. The first-order valence-electron chi connectivity index (χ1n) is 5.65. The Labute approximate surface area is 105 Å². The number of nitrogens with one attached hydrogen (secondary N) is 1. The van der Waals surface area contributed by atoms with Crippen LogP contribution in [0, 0.1) is 5.41 Å². The number of rotatable bonds is 6. The summed E-state index contributed by atoms with van der Waals surface area (Å²) in [6, 6.07) is 0. The highest BCUT2D eigenvalue weighted by molar-refractivity contribution is 6.06. The van der Waals surface area contributed by atoms with Gasteiger partial charge in [-0.15, -0.1) is 5.10 Å². The Kier molecular flexibility index (Phi) is 4.64. The van der Waals surface area contributed by atoms with Crippen molar-refractivity contribution in [1.29, 1.82) is 0 Å². The highest BCUT2D eigenvalue weighted by atomic mass is 16.4. The number of nitrogens with zero attached hydrogens (tertiary/aromatic N) is 4. The molecule has 18 heavy (non-hydrogen) atoms. The fourth-order valence-electron chi connectivity index (χ4n) is 1.40. The van der Waals surface area contributed by atoms with Gasteiger partial charge in [0.15, 0.2) is 5.84 Å². The second kappa shape index (κ2) is 5.99. The molecule has 0 radical (unpaired) electrons. The van der Waals surface area contributed by atoms with Crippen molar-refractivity contribution in [3.63, 3.8) is 0 Å². The lowest BCUT2D eigenvalue weighted by Gasteiger charge is -2.25. The molecule has 1 atom stereocenters. The van der Waals surface area contributed by atoms with Crippen LogP contribution >= 0.6 is 0 Å². The molecule has 100 valence electrons. The van der Waals surface area contributed by atoms with E-state index in [0.29, 0.717) is 19.5 Å². The molecule has 4 N–H and O–H groups in total.